The summed E-state index contributed by atoms with van der Waals surface area (Å²) in [5, 5.41) is 10.8. The Morgan fingerprint density at radius 1 is 1.33 bits per heavy atom. The molecule has 4 N–H and O–H groups in total. The van der Waals surface area contributed by atoms with Crippen LogP contribution >= 0.6 is 0 Å². The summed E-state index contributed by atoms with van der Waals surface area (Å²) in [4.78, 5) is 18.8. The number of aromatic nitrogens is 2. The number of nitrogens with zero attached hydrogens (tertiary/aromatic N) is 3. The smallest absolute Gasteiger partial charge is 0.245 e. The van der Waals surface area contributed by atoms with Crippen LogP contribution in [0.15, 0.2) is 24.4 Å². The molecule has 128 valence electrons. The van der Waals surface area contributed by atoms with Gasteiger partial charge in [0.1, 0.15) is 6.34 Å². The lowest BCUT2D eigenvalue weighted by molar-refractivity contribution is -0.109. The molecule has 0 atom stereocenters. The third-order valence-corrected chi connectivity index (χ3v) is 3.37. The van der Waals surface area contributed by atoms with Crippen LogP contribution in [0.3, 0.4) is 0 Å². The van der Waals surface area contributed by atoms with E-state index in [1.54, 1.807) is 6.20 Å². The number of carbonyl (C=O) groups is 1. The molecule has 0 bridgehead atoms. The number of aryl methyl sites for hydroxylation is 2. The van der Waals surface area contributed by atoms with Gasteiger partial charge in [-0.05, 0) is 30.5 Å². The van der Waals surface area contributed by atoms with E-state index >= 15 is 0 Å². The highest BCUT2D eigenvalue weighted by molar-refractivity contribution is 5.73. The van der Waals surface area contributed by atoms with Crippen molar-refractivity contribution in [3.63, 3.8) is 0 Å². The van der Waals surface area contributed by atoms with Crippen molar-refractivity contribution < 1.29 is 4.79 Å². The molecule has 0 aliphatic heterocycles. The zero-order valence-electron chi connectivity index (χ0n) is 14.5. The van der Waals surface area contributed by atoms with Crippen LogP contribution in [-0.4, -0.2) is 22.7 Å². The zero-order chi connectivity index (χ0) is 18.1. The summed E-state index contributed by atoms with van der Waals surface area (Å²) in [5.41, 5.74) is 4.81. The first-order valence-electron chi connectivity index (χ1n) is 7.72. The molecule has 0 aliphatic carbocycles. The van der Waals surface area contributed by atoms with Gasteiger partial charge >= 0.3 is 0 Å². The number of rotatable bonds is 6. The van der Waals surface area contributed by atoms with Crippen molar-refractivity contribution in [2.24, 2.45) is 5.84 Å². The van der Waals surface area contributed by atoms with E-state index in [-0.39, 0.29) is 5.95 Å². The van der Waals surface area contributed by atoms with E-state index in [0.717, 1.165) is 39.3 Å². The molecular formula is C17H24N6O. The van der Waals surface area contributed by atoms with Crippen LogP contribution in [-0.2, 0) is 11.3 Å². The van der Waals surface area contributed by atoms with E-state index in [1.165, 1.54) is 0 Å². The van der Waals surface area contributed by atoms with E-state index < -0.39 is 0 Å². The number of benzene rings is 1. The molecule has 2 aromatic rings. The molecule has 1 amide bonds. The first-order chi connectivity index (χ1) is 11.6. The number of anilines is 1. The normalized spacial score (nSPS) is 9.54. The van der Waals surface area contributed by atoms with Gasteiger partial charge in [0.25, 0.3) is 0 Å². The summed E-state index contributed by atoms with van der Waals surface area (Å²) >= 11 is 0. The van der Waals surface area contributed by atoms with Gasteiger partial charge in [0, 0.05) is 18.3 Å². The lowest BCUT2D eigenvalue weighted by atomic mass is 10.00. The number of hydrazine groups is 1. The maximum absolute atomic E-state index is 10.4. The number of carbonyl (C=O) groups excluding carboxylic acids is 1. The number of hydrogen-bond acceptors (Lipinski definition) is 5. The van der Waals surface area contributed by atoms with Crippen LogP contribution in [0.4, 0.5) is 5.95 Å². The quantitative estimate of drug-likeness (QED) is 0.248. The van der Waals surface area contributed by atoms with E-state index in [2.05, 4.69) is 15.3 Å². The molecule has 2 rings (SSSR count). The predicted molar refractivity (Wildman–Crippen MR) is 96.6 cm³/mol. The topological polar surface area (TPSA) is 108 Å². The average molecular weight is 328 g/mol. The SMILES string of the molecule is CC.Cc1cc(-c2cnc(N(N)C=N)nc2C)ccc1CNC=O. The maximum atomic E-state index is 10.4. The summed E-state index contributed by atoms with van der Waals surface area (Å²) in [6, 6.07) is 5.97. The van der Waals surface area contributed by atoms with Crippen molar-refractivity contribution in [2.45, 2.75) is 34.2 Å². The molecule has 0 spiro atoms. The fourth-order valence-corrected chi connectivity index (χ4v) is 2.13. The Labute approximate surface area is 142 Å². The molecule has 7 heteroatoms. The van der Waals surface area contributed by atoms with Crippen molar-refractivity contribution in [1.29, 1.82) is 5.41 Å². The summed E-state index contributed by atoms with van der Waals surface area (Å²) < 4.78 is 0. The summed E-state index contributed by atoms with van der Waals surface area (Å²) in [6.45, 7) is 8.37. The largest absolute Gasteiger partial charge is 0.355 e. The van der Waals surface area contributed by atoms with Crippen LogP contribution in [0.1, 0.15) is 30.7 Å². The van der Waals surface area contributed by atoms with Crippen LogP contribution in [0.5, 0.6) is 0 Å². The van der Waals surface area contributed by atoms with Crippen molar-refractivity contribution in [1.82, 2.24) is 15.3 Å². The van der Waals surface area contributed by atoms with E-state index in [4.69, 9.17) is 11.3 Å². The second-order valence-corrected chi connectivity index (χ2v) is 4.85. The first-order valence-corrected chi connectivity index (χ1v) is 7.72. The average Bonchev–Trinajstić information content (AvgIpc) is 2.61. The summed E-state index contributed by atoms with van der Waals surface area (Å²) in [6.07, 6.45) is 3.33. The second kappa shape index (κ2) is 9.36. The van der Waals surface area contributed by atoms with Gasteiger partial charge in [-0.25, -0.2) is 20.8 Å². The molecule has 0 saturated carbocycles. The molecule has 7 nitrogen and oxygen atoms in total. The van der Waals surface area contributed by atoms with E-state index in [1.807, 2.05) is 45.9 Å². The molecular weight excluding hydrogens is 304 g/mol. The summed E-state index contributed by atoms with van der Waals surface area (Å²) in [5.74, 6) is 5.85. The minimum atomic E-state index is 0.278. The monoisotopic (exact) mass is 328 g/mol. The van der Waals surface area contributed by atoms with Crippen molar-refractivity contribution >= 4 is 18.7 Å². The number of amides is 1. The Hall–Kier alpha value is -2.80. The van der Waals surface area contributed by atoms with Crippen LogP contribution < -0.4 is 16.2 Å². The predicted octanol–water partition coefficient (Wildman–Crippen LogP) is 2.32. The van der Waals surface area contributed by atoms with Gasteiger partial charge in [-0.15, -0.1) is 0 Å². The highest BCUT2D eigenvalue weighted by Crippen LogP contribution is 2.25. The molecule has 0 radical (unpaired) electrons. The highest BCUT2D eigenvalue weighted by atomic mass is 16.1. The van der Waals surface area contributed by atoms with Crippen LogP contribution in [0, 0.1) is 19.3 Å². The van der Waals surface area contributed by atoms with Crippen LogP contribution in [0.2, 0.25) is 0 Å². The standard InChI is InChI=1S/C15H18N6O.C2H6/c1-10-5-12(3-4-13(10)6-18-9-22)14-7-19-15(20-11(14)2)21(17)8-16;1-2/h3-5,7-9,16H,6,17H2,1-2H3,(H,18,22);1-2H3. The number of hydrogen-bond donors (Lipinski definition) is 3. The van der Waals surface area contributed by atoms with E-state index in [9.17, 15) is 4.79 Å². The maximum Gasteiger partial charge on any atom is 0.245 e. The minimum Gasteiger partial charge on any atom is -0.355 e. The third kappa shape index (κ3) is 4.60. The lowest BCUT2D eigenvalue weighted by Gasteiger charge is -2.13. The lowest BCUT2D eigenvalue weighted by Crippen LogP contribution is -2.30. The Kier molecular flexibility index (Phi) is 7.51. The fraction of sp³-hybridized carbons (Fsp3) is 0.294. The van der Waals surface area contributed by atoms with Crippen LogP contribution in [0.25, 0.3) is 11.1 Å². The molecule has 1 aromatic carbocycles. The summed E-state index contributed by atoms with van der Waals surface area (Å²) in [7, 11) is 0. The van der Waals surface area contributed by atoms with Gasteiger partial charge in [-0.3, -0.25) is 10.2 Å². The van der Waals surface area contributed by atoms with Crippen molar-refractivity contribution in [2.75, 3.05) is 5.01 Å². The third-order valence-electron chi connectivity index (χ3n) is 3.37. The van der Waals surface area contributed by atoms with Gasteiger partial charge in [-0.2, -0.15) is 0 Å². The number of nitrogens with one attached hydrogen (secondary N) is 2. The molecule has 0 unspecified atom stereocenters. The molecule has 1 aromatic heterocycles. The highest BCUT2D eigenvalue weighted by Gasteiger charge is 2.09. The molecule has 0 aliphatic rings. The first kappa shape index (κ1) is 19.2. The molecule has 1 heterocycles. The van der Waals surface area contributed by atoms with Gasteiger partial charge in [-0.1, -0.05) is 32.0 Å². The van der Waals surface area contributed by atoms with Gasteiger partial charge in [0.15, 0.2) is 0 Å². The Balaban J connectivity index is 0.00000139. The second-order valence-electron chi connectivity index (χ2n) is 4.85. The molecule has 24 heavy (non-hydrogen) atoms. The molecule has 0 fully saturated rings. The van der Waals surface area contributed by atoms with Crippen molar-refractivity contribution in [3.05, 3.63) is 41.2 Å². The van der Waals surface area contributed by atoms with Gasteiger partial charge in [0.05, 0.1) is 5.69 Å². The fourth-order valence-electron chi connectivity index (χ4n) is 2.13. The number of nitrogens with two attached hydrogens (primary N) is 1. The Bertz CT molecular complexity index is 701. The zero-order valence-corrected chi connectivity index (χ0v) is 14.5. The van der Waals surface area contributed by atoms with Gasteiger partial charge in [0.2, 0.25) is 12.4 Å². The van der Waals surface area contributed by atoms with E-state index in [0.29, 0.717) is 13.0 Å². The van der Waals surface area contributed by atoms with Gasteiger partial charge < -0.3 is 5.32 Å². The molecule has 0 saturated heterocycles. The minimum absolute atomic E-state index is 0.278. The Morgan fingerprint density at radius 2 is 2.04 bits per heavy atom. The Morgan fingerprint density at radius 3 is 2.58 bits per heavy atom. The van der Waals surface area contributed by atoms with Crippen molar-refractivity contribution in [3.8, 4) is 11.1 Å².